The first-order valence-electron chi connectivity index (χ1n) is 9.15. The minimum atomic E-state index is -0.316. The van der Waals surface area contributed by atoms with E-state index in [2.05, 4.69) is 16.0 Å². The minimum absolute atomic E-state index is 0.0700. The van der Waals surface area contributed by atoms with Crippen LogP contribution in [0.5, 0.6) is 5.75 Å². The first kappa shape index (κ1) is 21.4. The number of ether oxygens (including phenoxy) is 1. The fourth-order valence-electron chi connectivity index (χ4n) is 2.22. The Labute approximate surface area is 170 Å². The number of nitrogens with one attached hydrogen (secondary N) is 3. The van der Waals surface area contributed by atoms with Crippen LogP contribution in [0.1, 0.15) is 37.6 Å². The van der Waals surface area contributed by atoms with Gasteiger partial charge in [0.1, 0.15) is 5.75 Å². The summed E-state index contributed by atoms with van der Waals surface area (Å²) in [5.74, 6) is 0.221. The van der Waals surface area contributed by atoms with E-state index in [0.29, 0.717) is 23.5 Å². The van der Waals surface area contributed by atoms with Gasteiger partial charge in [-0.25, -0.2) is 0 Å². The van der Waals surface area contributed by atoms with E-state index in [0.717, 1.165) is 12.2 Å². The molecule has 3 N–H and O–H groups in total. The van der Waals surface area contributed by atoms with Gasteiger partial charge >= 0.3 is 0 Å². The van der Waals surface area contributed by atoms with E-state index in [-0.39, 0.29) is 22.8 Å². The molecule has 0 aliphatic rings. The van der Waals surface area contributed by atoms with Crippen LogP contribution in [-0.2, 0) is 4.79 Å². The number of carbonyl (C=O) groups excluding carboxylic acids is 2. The molecule has 0 saturated carbocycles. The van der Waals surface area contributed by atoms with Gasteiger partial charge in [0.15, 0.2) is 5.11 Å². The molecule has 0 bridgehead atoms. The maximum Gasteiger partial charge on any atom is 0.257 e. The molecule has 6 nitrogen and oxygen atoms in total. The SMILES string of the molecule is CCCOc1ccc(C(=O)NC(=S)Nc2cccc(NC(=O)C(C)C)c2)cc1. The van der Waals surface area contributed by atoms with E-state index < -0.39 is 0 Å². The summed E-state index contributed by atoms with van der Waals surface area (Å²) in [4.78, 5) is 24.1. The van der Waals surface area contributed by atoms with Gasteiger partial charge in [0.2, 0.25) is 5.91 Å². The number of hydrogen-bond acceptors (Lipinski definition) is 4. The van der Waals surface area contributed by atoms with Crippen LogP contribution in [0.3, 0.4) is 0 Å². The maximum atomic E-state index is 12.3. The van der Waals surface area contributed by atoms with Crippen molar-refractivity contribution < 1.29 is 14.3 Å². The first-order chi connectivity index (χ1) is 13.4. The fraction of sp³-hybridized carbons (Fsp3) is 0.286. The lowest BCUT2D eigenvalue weighted by atomic mass is 10.2. The van der Waals surface area contributed by atoms with Gasteiger partial charge in [-0.1, -0.05) is 26.8 Å². The molecule has 2 rings (SSSR count). The van der Waals surface area contributed by atoms with Gasteiger partial charge in [0, 0.05) is 22.9 Å². The molecule has 2 aromatic rings. The summed E-state index contributed by atoms with van der Waals surface area (Å²) in [5.41, 5.74) is 1.79. The van der Waals surface area contributed by atoms with Crippen LogP contribution in [0.2, 0.25) is 0 Å². The van der Waals surface area contributed by atoms with E-state index in [1.165, 1.54) is 0 Å². The lowest BCUT2D eigenvalue weighted by Crippen LogP contribution is -2.34. The molecule has 0 unspecified atom stereocenters. The summed E-state index contributed by atoms with van der Waals surface area (Å²) in [5, 5.41) is 8.58. The maximum absolute atomic E-state index is 12.3. The van der Waals surface area contributed by atoms with Crippen LogP contribution in [0.15, 0.2) is 48.5 Å². The molecule has 0 radical (unpaired) electrons. The summed E-state index contributed by atoms with van der Waals surface area (Å²) < 4.78 is 5.50. The van der Waals surface area contributed by atoms with Crippen LogP contribution < -0.4 is 20.7 Å². The summed E-state index contributed by atoms with van der Waals surface area (Å²) >= 11 is 5.21. The van der Waals surface area contributed by atoms with Crippen molar-refractivity contribution in [3.63, 3.8) is 0 Å². The Hall–Kier alpha value is -2.93. The molecule has 0 atom stereocenters. The van der Waals surface area contributed by atoms with Gasteiger partial charge in [0.25, 0.3) is 5.91 Å². The Kier molecular flexibility index (Phi) is 7.95. The summed E-state index contributed by atoms with van der Waals surface area (Å²) in [6.45, 7) is 6.31. The molecule has 0 fully saturated rings. The molecule has 0 aliphatic carbocycles. The fourth-order valence-corrected chi connectivity index (χ4v) is 2.43. The molecule has 0 aliphatic heterocycles. The van der Waals surface area contributed by atoms with Crippen molar-refractivity contribution in [3.05, 3.63) is 54.1 Å². The third-order valence-electron chi connectivity index (χ3n) is 3.73. The Bertz CT molecular complexity index is 835. The number of carbonyl (C=O) groups is 2. The topological polar surface area (TPSA) is 79.5 Å². The third-order valence-corrected chi connectivity index (χ3v) is 3.93. The zero-order valence-electron chi connectivity index (χ0n) is 16.2. The van der Waals surface area contributed by atoms with Crippen LogP contribution >= 0.6 is 12.2 Å². The van der Waals surface area contributed by atoms with Crippen molar-refractivity contribution in [2.45, 2.75) is 27.2 Å². The normalized spacial score (nSPS) is 10.3. The van der Waals surface area contributed by atoms with Crippen molar-refractivity contribution in [2.75, 3.05) is 17.2 Å². The largest absolute Gasteiger partial charge is 0.494 e. The predicted molar refractivity (Wildman–Crippen MR) is 116 cm³/mol. The van der Waals surface area contributed by atoms with E-state index >= 15 is 0 Å². The smallest absolute Gasteiger partial charge is 0.257 e. The second-order valence-corrected chi connectivity index (χ2v) is 6.91. The average Bonchev–Trinajstić information content (AvgIpc) is 2.66. The van der Waals surface area contributed by atoms with Gasteiger partial charge in [-0.3, -0.25) is 14.9 Å². The molecular weight excluding hydrogens is 374 g/mol. The molecule has 2 amide bonds. The number of thiocarbonyl (C=S) groups is 1. The Balaban J connectivity index is 1.92. The van der Waals surface area contributed by atoms with E-state index in [1.54, 1.807) is 48.5 Å². The number of anilines is 2. The zero-order valence-corrected chi connectivity index (χ0v) is 17.1. The van der Waals surface area contributed by atoms with Crippen LogP contribution in [0.25, 0.3) is 0 Å². The highest BCUT2D eigenvalue weighted by Crippen LogP contribution is 2.16. The third kappa shape index (κ3) is 6.66. The van der Waals surface area contributed by atoms with E-state index in [4.69, 9.17) is 17.0 Å². The van der Waals surface area contributed by atoms with E-state index in [1.807, 2.05) is 20.8 Å². The lowest BCUT2D eigenvalue weighted by Gasteiger charge is -2.12. The number of benzene rings is 2. The minimum Gasteiger partial charge on any atom is -0.494 e. The molecule has 0 spiro atoms. The zero-order chi connectivity index (χ0) is 20.5. The highest BCUT2D eigenvalue weighted by atomic mass is 32.1. The van der Waals surface area contributed by atoms with Crippen molar-refractivity contribution in [1.29, 1.82) is 0 Å². The number of rotatable bonds is 7. The summed E-state index contributed by atoms with van der Waals surface area (Å²) in [6.07, 6.45) is 0.921. The average molecular weight is 400 g/mol. The Morgan fingerprint density at radius 3 is 2.29 bits per heavy atom. The monoisotopic (exact) mass is 399 g/mol. The van der Waals surface area contributed by atoms with Gasteiger partial charge in [-0.2, -0.15) is 0 Å². The number of hydrogen-bond donors (Lipinski definition) is 3. The molecule has 148 valence electrons. The standard InChI is InChI=1S/C21H25N3O3S/c1-4-12-27-18-10-8-15(9-11-18)20(26)24-21(28)23-17-7-5-6-16(13-17)22-19(25)14(2)3/h5-11,13-14H,4,12H2,1-3H3,(H,22,25)(H2,23,24,26,28). The van der Waals surface area contributed by atoms with Crippen LogP contribution in [0.4, 0.5) is 11.4 Å². The van der Waals surface area contributed by atoms with Gasteiger partial charge in [-0.15, -0.1) is 0 Å². The highest BCUT2D eigenvalue weighted by Gasteiger charge is 2.10. The van der Waals surface area contributed by atoms with Crippen molar-refractivity contribution >= 4 is 40.5 Å². The molecule has 0 saturated heterocycles. The molecule has 2 aromatic carbocycles. The summed E-state index contributed by atoms with van der Waals surface area (Å²) in [7, 11) is 0. The molecule has 0 aromatic heterocycles. The van der Waals surface area contributed by atoms with Crippen molar-refractivity contribution in [2.24, 2.45) is 5.92 Å². The second kappa shape index (κ2) is 10.4. The van der Waals surface area contributed by atoms with Crippen molar-refractivity contribution in [3.8, 4) is 5.75 Å². The lowest BCUT2D eigenvalue weighted by molar-refractivity contribution is -0.118. The van der Waals surface area contributed by atoms with Crippen molar-refractivity contribution in [1.82, 2.24) is 5.32 Å². The quantitative estimate of drug-likeness (QED) is 0.608. The summed E-state index contributed by atoms with van der Waals surface area (Å²) in [6, 6.07) is 14.0. The van der Waals surface area contributed by atoms with Crippen LogP contribution in [0, 0.1) is 5.92 Å². The second-order valence-electron chi connectivity index (χ2n) is 6.51. The molecule has 7 heteroatoms. The van der Waals surface area contributed by atoms with Gasteiger partial charge in [-0.05, 0) is 61.1 Å². The number of amides is 2. The Morgan fingerprint density at radius 1 is 1.04 bits per heavy atom. The van der Waals surface area contributed by atoms with Gasteiger partial charge < -0.3 is 15.4 Å². The Morgan fingerprint density at radius 2 is 1.68 bits per heavy atom. The van der Waals surface area contributed by atoms with Gasteiger partial charge in [0.05, 0.1) is 6.61 Å². The molecule has 0 heterocycles. The molecule has 28 heavy (non-hydrogen) atoms. The predicted octanol–water partition coefficient (Wildman–Crippen LogP) is 4.20. The first-order valence-corrected chi connectivity index (χ1v) is 9.56. The van der Waals surface area contributed by atoms with E-state index in [9.17, 15) is 9.59 Å². The van der Waals surface area contributed by atoms with Crippen LogP contribution in [-0.4, -0.2) is 23.5 Å². The highest BCUT2D eigenvalue weighted by molar-refractivity contribution is 7.80. The molecular formula is C21H25N3O3S.